The first kappa shape index (κ1) is 10.7. The van der Waals surface area contributed by atoms with E-state index in [4.69, 9.17) is 0 Å². The molecule has 14 heavy (non-hydrogen) atoms. The maximum Gasteiger partial charge on any atom is 0.251 e. The molecule has 76 valence electrons. The molecule has 1 amide bonds. The van der Waals surface area contributed by atoms with Crippen LogP contribution in [0.2, 0.25) is 0 Å². The molecule has 0 heterocycles. The van der Waals surface area contributed by atoms with Gasteiger partial charge in [0.15, 0.2) is 0 Å². The van der Waals surface area contributed by atoms with E-state index in [-0.39, 0.29) is 5.91 Å². The molecule has 1 rings (SSSR count). The molecule has 1 aromatic rings. The van der Waals surface area contributed by atoms with Gasteiger partial charge >= 0.3 is 0 Å². The monoisotopic (exact) mass is 193 g/mol. The predicted molar refractivity (Wildman–Crippen MR) is 54.8 cm³/mol. The number of hydrogen-bond donors (Lipinski definition) is 1. The Balaban J connectivity index is 2.57. The van der Waals surface area contributed by atoms with Gasteiger partial charge in [-0.3, -0.25) is 4.79 Å². The summed E-state index contributed by atoms with van der Waals surface area (Å²) >= 11 is 0. The SMILES string of the molecule is CN(C)C(=O)C(O)Cc1ccccc1. The van der Waals surface area contributed by atoms with E-state index < -0.39 is 6.10 Å². The lowest BCUT2D eigenvalue weighted by atomic mass is 10.1. The fourth-order valence-corrected chi connectivity index (χ4v) is 1.22. The third kappa shape index (κ3) is 2.85. The van der Waals surface area contributed by atoms with Crippen molar-refractivity contribution in [1.82, 2.24) is 4.90 Å². The average molecular weight is 193 g/mol. The fourth-order valence-electron chi connectivity index (χ4n) is 1.22. The molecule has 0 radical (unpaired) electrons. The minimum Gasteiger partial charge on any atom is -0.383 e. The molecule has 0 spiro atoms. The summed E-state index contributed by atoms with van der Waals surface area (Å²) in [5, 5.41) is 9.55. The summed E-state index contributed by atoms with van der Waals surface area (Å²) in [5.74, 6) is -0.256. The van der Waals surface area contributed by atoms with E-state index in [1.165, 1.54) is 4.90 Å². The van der Waals surface area contributed by atoms with Gasteiger partial charge in [0.1, 0.15) is 6.10 Å². The molecule has 0 saturated carbocycles. The largest absolute Gasteiger partial charge is 0.383 e. The van der Waals surface area contributed by atoms with E-state index in [0.717, 1.165) is 5.56 Å². The number of rotatable bonds is 3. The number of carbonyl (C=O) groups excluding carboxylic acids is 1. The Bertz CT molecular complexity index is 295. The molecule has 0 aromatic heterocycles. The number of amides is 1. The number of likely N-dealkylation sites (N-methyl/N-ethyl adjacent to an activating group) is 1. The number of aliphatic hydroxyl groups excluding tert-OH is 1. The number of carbonyl (C=O) groups is 1. The van der Waals surface area contributed by atoms with Crippen molar-refractivity contribution in [1.29, 1.82) is 0 Å². The van der Waals surface area contributed by atoms with Gasteiger partial charge in [-0.25, -0.2) is 0 Å². The summed E-state index contributed by atoms with van der Waals surface area (Å²) < 4.78 is 0. The molecule has 0 saturated heterocycles. The van der Waals surface area contributed by atoms with Gasteiger partial charge in [0, 0.05) is 20.5 Å². The summed E-state index contributed by atoms with van der Waals surface area (Å²) in [6, 6.07) is 9.48. The topological polar surface area (TPSA) is 40.5 Å². The van der Waals surface area contributed by atoms with Crippen LogP contribution >= 0.6 is 0 Å². The quantitative estimate of drug-likeness (QED) is 0.766. The maximum atomic E-state index is 11.3. The minimum atomic E-state index is -0.938. The van der Waals surface area contributed by atoms with Crippen LogP contribution in [0.5, 0.6) is 0 Å². The molecule has 1 atom stereocenters. The average Bonchev–Trinajstić information content (AvgIpc) is 2.18. The van der Waals surface area contributed by atoms with Crippen molar-refractivity contribution in [3.8, 4) is 0 Å². The van der Waals surface area contributed by atoms with Crippen LogP contribution in [0.3, 0.4) is 0 Å². The summed E-state index contributed by atoms with van der Waals surface area (Å²) in [6.07, 6.45) is -0.565. The number of nitrogens with zero attached hydrogens (tertiary/aromatic N) is 1. The van der Waals surface area contributed by atoms with E-state index in [9.17, 15) is 9.90 Å². The van der Waals surface area contributed by atoms with Crippen LogP contribution in [-0.2, 0) is 11.2 Å². The van der Waals surface area contributed by atoms with Gasteiger partial charge < -0.3 is 10.0 Å². The number of hydrogen-bond acceptors (Lipinski definition) is 2. The second kappa shape index (κ2) is 4.77. The molecule has 0 aliphatic carbocycles. The summed E-state index contributed by atoms with van der Waals surface area (Å²) in [6.45, 7) is 0. The van der Waals surface area contributed by atoms with Gasteiger partial charge in [-0.2, -0.15) is 0 Å². The third-order valence-corrected chi connectivity index (χ3v) is 2.00. The first-order valence-electron chi connectivity index (χ1n) is 4.54. The van der Waals surface area contributed by atoms with Gasteiger partial charge in [-0.15, -0.1) is 0 Å². The highest BCUT2D eigenvalue weighted by Crippen LogP contribution is 2.04. The predicted octanol–water partition coefficient (Wildman–Crippen LogP) is 0.678. The first-order valence-corrected chi connectivity index (χ1v) is 4.54. The van der Waals surface area contributed by atoms with Gasteiger partial charge in [0.2, 0.25) is 0 Å². The molecule has 3 heteroatoms. The molecule has 1 unspecified atom stereocenters. The highest BCUT2D eigenvalue weighted by molar-refractivity contribution is 5.80. The number of benzene rings is 1. The Kier molecular flexibility index (Phi) is 3.65. The van der Waals surface area contributed by atoms with Crippen molar-refractivity contribution >= 4 is 5.91 Å². The molecule has 1 aromatic carbocycles. The van der Waals surface area contributed by atoms with E-state index >= 15 is 0 Å². The van der Waals surface area contributed by atoms with Crippen molar-refractivity contribution < 1.29 is 9.90 Å². The molecular weight excluding hydrogens is 178 g/mol. The van der Waals surface area contributed by atoms with Crippen molar-refractivity contribution in [2.45, 2.75) is 12.5 Å². The second-order valence-corrected chi connectivity index (χ2v) is 3.44. The summed E-state index contributed by atoms with van der Waals surface area (Å²) in [4.78, 5) is 12.7. The van der Waals surface area contributed by atoms with E-state index in [0.29, 0.717) is 6.42 Å². The lowest BCUT2D eigenvalue weighted by Crippen LogP contribution is -2.34. The highest BCUT2D eigenvalue weighted by atomic mass is 16.3. The van der Waals surface area contributed by atoms with Crippen LogP contribution in [0.1, 0.15) is 5.56 Å². The zero-order chi connectivity index (χ0) is 10.6. The molecule has 0 bridgehead atoms. The molecule has 0 aliphatic heterocycles. The normalized spacial score (nSPS) is 12.2. The van der Waals surface area contributed by atoms with Crippen molar-refractivity contribution in [2.24, 2.45) is 0 Å². The van der Waals surface area contributed by atoms with Gasteiger partial charge in [-0.05, 0) is 5.56 Å². The fraction of sp³-hybridized carbons (Fsp3) is 0.364. The van der Waals surface area contributed by atoms with E-state index in [2.05, 4.69) is 0 Å². The smallest absolute Gasteiger partial charge is 0.251 e. The molecule has 3 nitrogen and oxygen atoms in total. The Morgan fingerprint density at radius 2 is 1.93 bits per heavy atom. The second-order valence-electron chi connectivity index (χ2n) is 3.44. The maximum absolute atomic E-state index is 11.3. The Morgan fingerprint density at radius 1 is 1.36 bits per heavy atom. The van der Waals surface area contributed by atoms with Crippen LogP contribution in [-0.4, -0.2) is 36.1 Å². The van der Waals surface area contributed by atoms with Crippen LogP contribution in [0.25, 0.3) is 0 Å². The summed E-state index contributed by atoms with van der Waals surface area (Å²) in [7, 11) is 3.27. The standard InChI is InChI=1S/C11H15NO2/c1-12(2)11(14)10(13)8-9-6-4-3-5-7-9/h3-7,10,13H,8H2,1-2H3. The highest BCUT2D eigenvalue weighted by Gasteiger charge is 2.16. The van der Waals surface area contributed by atoms with Crippen LogP contribution in [0.15, 0.2) is 30.3 Å². The van der Waals surface area contributed by atoms with Crippen molar-refractivity contribution in [2.75, 3.05) is 14.1 Å². The first-order chi connectivity index (χ1) is 6.61. The lowest BCUT2D eigenvalue weighted by molar-refractivity contribution is -0.137. The zero-order valence-corrected chi connectivity index (χ0v) is 8.47. The van der Waals surface area contributed by atoms with Gasteiger partial charge in [0.25, 0.3) is 5.91 Å². The van der Waals surface area contributed by atoms with Crippen molar-refractivity contribution in [3.63, 3.8) is 0 Å². The Labute approximate surface area is 84.0 Å². The summed E-state index contributed by atoms with van der Waals surface area (Å²) in [5.41, 5.74) is 0.968. The van der Waals surface area contributed by atoms with E-state index in [1.54, 1.807) is 14.1 Å². The van der Waals surface area contributed by atoms with Crippen molar-refractivity contribution in [3.05, 3.63) is 35.9 Å². The van der Waals surface area contributed by atoms with Gasteiger partial charge in [0.05, 0.1) is 0 Å². The molecule has 0 aliphatic rings. The molecular formula is C11H15NO2. The zero-order valence-electron chi connectivity index (χ0n) is 8.47. The Morgan fingerprint density at radius 3 is 2.43 bits per heavy atom. The van der Waals surface area contributed by atoms with Crippen LogP contribution in [0.4, 0.5) is 0 Å². The Hall–Kier alpha value is -1.35. The lowest BCUT2D eigenvalue weighted by Gasteiger charge is -2.15. The van der Waals surface area contributed by atoms with Gasteiger partial charge in [-0.1, -0.05) is 30.3 Å². The molecule has 0 fully saturated rings. The van der Waals surface area contributed by atoms with Crippen LogP contribution in [0, 0.1) is 0 Å². The third-order valence-electron chi connectivity index (χ3n) is 2.00. The van der Waals surface area contributed by atoms with Crippen LogP contribution < -0.4 is 0 Å². The number of aliphatic hydroxyl groups is 1. The molecule has 1 N–H and O–H groups in total. The van der Waals surface area contributed by atoms with E-state index in [1.807, 2.05) is 30.3 Å². The minimum absolute atomic E-state index is 0.256.